The summed E-state index contributed by atoms with van der Waals surface area (Å²) >= 11 is 0. The zero-order valence-corrected chi connectivity index (χ0v) is 13.4. The molecule has 1 aromatic carbocycles. The van der Waals surface area contributed by atoms with Crippen molar-refractivity contribution in [2.75, 3.05) is 11.9 Å². The summed E-state index contributed by atoms with van der Waals surface area (Å²) in [6, 6.07) is 9.43. The van der Waals surface area contributed by atoms with Crippen LogP contribution in [0, 0.1) is 0 Å². The summed E-state index contributed by atoms with van der Waals surface area (Å²) in [6.45, 7) is 1.60. The first-order chi connectivity index (χ1) is 11.0. The second-order valence-corrected chi connectivity index (χ2v) is 6.47. The molecular formula is C15H18N2O5S. The number of sulfonamides is 1. The Morgan fingerprint density at radius 3 is 2.57 bits per heavy atom. The van der Waals surface area contributed by atoms with Gasteiger partial charge in [0.25, 0.3) is 10.0 Å². The Labute approximate surface area is 134 Å². The number of amides is 1. The first kappa shape index (κ1) is 17.2. The van der Waals surface area contributed by atoms with Gasteiger partial charge in [0.15, 0.2) is 0 Å². The summed E-state index contributed by atoms with van der Waals surface area (Å²) in [5, 5.41) is 2.56. The average molecular weight is 338 g/mol. The van der Waals surface area contributed by atoms with Crippen LogP contribution in [0.5, 0.6) is 0 Å². The van der Waals surface area contributed by atoms with Crippen molar-refractivity contribution >= 4 is 21.6 Å². The third-order valence-electron chi connectivity index (χ3n) is 2.90. The van der Waals surface area contributed by atoms with E-state index in [-0.39, 0.29) is 17.4 Å². The summed E-state index contributed by atoms with van der Waals surface area (Å²) in [5.41, 5.74) is 0.524. The van der Waals surface area contributed by atoms with Crippen LogP contribution >= 0.6 is 0 Å². The number of benzene rings is 1. The molecule has 7 nitrogen and oxygen atoms in total. The molecule has 0 bridgehead atoms. The van der Waals surface area contributed by atoms with E-state index in [1.807, 2.05) is 6.07 Å². The molecule has 2 rings (SSSR count). The van der Waals surface area contributed by atoms with Gasteiger partial charge in [0.2, 0.25) is 5.91 Å². The number of aryl methyl sites for hydroxylation is 1. The molecule has 8 heteroatoms. The zero-order chi connectivity index (χ0) is 16.7. The Bertz CT molecular complexity index is 724. The number of anilines is 1. The fraction of sp³-hybridized carbons (Fsp3) is 0.267. The van der Waals surface area contributed by atoms with E-state index in [0.29, 0.717) is 18.5 Å². The van der Waals surface area contributed by atoms with Crippen molar-refractivity contribution in [1.29, 1.82) is 0 Å². The quantitative estimate of drug-likeness (QED) is 0.567. The van der Waals surface area contributed by atoms with Crippen molar-refractivity contribution < 1.29 is 22.5 Å². The van der Waals surface area contributed by atoms with Crippen LogP contribution in [-0.2, 0) is 26.1 Å². The molecule has 0 aliphatic heterocycles. The number of nitrogens with one attached hydrogen (secondary N) is 2. The van der Waals surface area contributed by atoms with Crippen LogP contribution in [0.2, 0.25) is 0 Å². The molecule has 0 saturated carbocycles. The predicted molar refractivity (Wildman–Crippen MR) is 84.0 cm³/mol. The van der Waals surface area contributed by atoms with E-state index in [1.54, 1.807) is 12.3 Å². The minimum atomic E-state index is -3.75. The minimum absolute atomic E-state index is 0.0534. The van der Waals surface area contributed by atoms with Crippen LogP contribution in [0.3, 0.4) is 0 Å². The van der Waals surface area contributed by atoms with Gasteiger partial charge in [0.05, 0.1) is 17.8 Å². The Morgan fingerprint density at radius 2 is 1.96 bits per heavy atom. The summed E-state index contributed by atoms with van der Waals surface area (Å²) < 4.78 is 29.2. The molecule has 2 aromatic rings. The fourth-order valence-electron chi connectivity index (χ4n) is 1.86. The van der Waals surface area contributed by atoms with Crippen LogP contribution in [0.15, 0.2) is 52.0 Å². The van der Waals surface area contributed by atoms with Gasteiger partial charge < -0.3 is 9.73 Å². The van der Waals surface area contributed by atoms with E-state index in [0.717, 1.165) is 5.76 Å². The van der Waals surface area contributed by atoms with Crippen LogP contribution in [0.4, 0.5) is 5.69 Å². The van der Waals surface area contributed by atoms with Gasteiger partial charge in [-0.05, 0) is 42.8 Å². The van der Waals surface area contributed by atoms with Crippen LogP contribution in [0.1, 0.15) is 19.1 Å². The number of carbonyl (C=O) groups excluding carboxylic acids is 1. The third-order valence-corrected chi connectivity index (χ3v) is 4.13. The van der Waals surface area contributed by atoms with Gasteiger partial charge in [-0.15, -0.1) is 0 Å². The van der Waals surface area contributed by atoms with Crippen LogP contribution < -0.4 is 10.2 Å². The van der Waals surface area contributed by atoms with Gasteiger partial charge in [-0.3, -0.25) is 9.63 Å². The predicted octanol–water partition coefficient (Wildman–Crippen LogP) is 2.08. The summed E-state index contributed by atoms with van der Waals surface area (Å²) in [7, 11) is -3.75. The van der Waals surface area contributed by atoms with Gasteiger partial charge in [-0.1, -0.05) is 4.89 Å². The number of hydrogen-bond acceptors (Lipinski definition) is 5. The Kier molecular flexibility index (Phi) is 5.91. The average Bonchev–Trinajstić information content (AvgIpc) is 3.00. The van der Waals surface area contributed by atoms with E-state index >= 15 is 0 Å². The maximum absolute atomic E-state index is 12.0. The van der Waals surface area contributed by atoms with Crippen molar-refractivity contribution in [3.05, 3.63) is 48.4 Å². The fourth-order valence-corrected chi connectivity index (χ4v) is 2.69. The number of rotatable bonds is 8. The highest BCUT2D eigenvalue weighted by atomic mass is 32.2. The van der Waals surface area contributed by atoms with Gasteiger partial charge in [-0.25, -0.2) is 8.42 Å². The molecule has 0 radical (unpaired) electrons. The smallest absolute Gasteiger partial charge is 0.262 e. The first-order valence-electron chi connectivity index (χ1n) is 7.01. The topological polar surface area (TPSA) is 97.6 Å². The molecule has 0 saturated heterocycles. The first-order valence-corrected chi connectivity index (χ1v) is 8.49. The molecular weight excluding hydrogens is 320 g/mol. The normalized spacial score (nSPS) is 11.3. The molecule has 0 unspecified atom stereocenters. The van der Waals surface area contributed by atoms with Crippen molar-refractivity contribution in [2.45, 2.75) is 24.7 Å². The lowest BCUT2D eigenvalue weighted by Crippen LogP contribution is -2.24. The Morgan fingerprint density at radius 1 is 1.22 bits per heavy atom. The van der Waals surface area contributed by atoms with Gasteiger partial charge in [0, 0.05) is 19.0 Å². The number of hydrogen-bond donors (Lipinski definition) is 2. The zero-order valence-electron chi connectivity index (χ0n) is 12.6. The largest absolute Gasteiger partial charge is 0.469 e. The Balaban J connectivity index is 1.80. The van der Waals surface area contributed by atoms with E-state index in [4.69, 9.17) is 9.25 Å². The number of carbonyl (C=O) groups is 1. The van der Waals surface area contributed by atoms with E-state index < -0.39 is 10.0 Å². The molecule has 0 atom stereocenters. The van der Waals surface area contributed by atoms with Crippen LogP contribution in [0.25, 0.3) is 0 Å². The van der Waals surface area contributed by atoms with Gasteiger partial charge in [0.1, 0.15) is 5.76 Å². The highest BCUT2D eigenvalue weighted by Gasteiger charge is 2.14. The lowest BCUT2D eigenvalue weighted by atomic mass is 10.3. The SMILES string of the molecule is CC(=O)Nc1ccc(S(=O)(=O)NOCCCc2ccco2)cc1. The molecule has 2 N–H and O–H groups in total. The second kappa shape index (κ2) is 7.91. The summed E-state index contributed by atoms with van der Waals surface area (Å²) in [5.74, 6) is 0.601. The Hall–Kier alpha value is -2.16. The van der Waals surface area contributed by atoms with Gasteiger partial charge >= 0.3 is 0 Å². The van der Waals surface area contributed by atoms with E-state index in [1.165, 1.54) is 31.2 Å². The van der Waals surface area contributed by atoms with Crippen molar-refractivity contribution in [2.24, 2.45) is 0 Å². The van der Waals surface area contributed by atoms with Crippen molar-refractivity contribution in [3.63, 3.8) is 0 Å². The van der Waals surface area contributed by atoms with E-state index in [9.17, 15) is 13.2 Å². The van der Waals surface area contributed by atoms with Crippen molar-refractivity contribution in [1.82, 2.24) is 4.89 Å². The molecule has 23 heavy (non-hydrogen) atoms. The third kappa shape index (κ3) is 5.51. The lowest BCUT2D eigenvalue weighted by molar-refractivity contribution is -0.114. The highest BCUT2D eigenvalue weighted by Crippen LogP contribution is 2.14. The highest BCUT2D eigenvalue weighted by molar-refractivity contribution is 7.89. The summed E-state index contributed by atoms with van der Waals surface area (Å²) in [4.78, 5) is 18.0. The molecule has 0 spiro atoms. The molecule has 1 amide bonds. The second-order valence-electron chi connectivity index (χ2n) is 4.82. The minimum Gasteiger partial charge on any atom is -0.469 e. The van der Waals surface area contributed by atoms with Gasteiger partial charge in [-0.2, -0.15) is 0 Å². The standard InChI is InChI=1S/C15H18N2O5S/c1-12(18)16-13-6-8-15(9-7-13)23(19,20)17-22-11-3-5-14-4-2-10-21-14/h2,4,6-10,17H,3,5,11H2,1H3,(H,16,18). The van der Waals surface area contributed by atoms with Crippen LogP contribution in [-0.4, -0.2) is 20.9 Å². The molecule has 0 aliphatic carbocycles. The molecule has 0 fully saturated rings. The number of furan rings is 1. The monoisotopic (exact) mass is 338 g/mol. The summed E-state index contributed by atoms with van der Waals surface area (Å²) in [6.07, 6.45) is 2.88. The van der Waals surface area contributed by atoms with Crippen molar-refractivity contribution in [3.8, 4) is 0 Å². The molecule has 124 valence electrons. The van der Waals surface area contributed by atoms with E-state index in [2.05, 4.69) is 10.2 Å². The maximum Gasteiger partial charge on any atom is 0.262 e. The molecule has 0 aliphatic rings. The molecule has 1 heterocycles. The lowest BCUT2D eigenvalue weighted by Gasteiger charge is -2.08. The molecule has 1 aromatic heterocycles. The maximum atomic E-state index is 12.0.